The zero-order valence-electron chi connectivity index (χ0n) is 10.5. The molecular weight excluding hydrogens is 267 g/mol. The standard InChI is InChI=1S/C14H12F3N3/c15-9-4-7(5-10(16)13(9)17)14-19-6-8-11(18)2-1-3-12(8)20-14/h4-6,11H,1-3,18H2. The molecule has 0 saturated carbocycles. The maximum atomic E-state index is 13.2. The number of nitrogens with two attached hydrogens (primary N) is 1. The largest absolute Gasteiger partial charge is 0.324 e. The SMILES string of the molecule is NC1CCCc2nc(-c3cc(F)c(F)c(F)c3)ncc21. The normalized spacial score (nSPS) is 17.9. The van der Waals surface area contributed by atoms with Gasteiger partial charge in [-0.15, -0.1) is 0 Å². The number of hydrogen-bond donors (Lipinski definition) is 1. The van der Waals surface area contributed by atoms with Gasteiger partial charge in [0.2, 0.25) is 0 Å². The van der Waals surface area contributed by atoms with Gasteiger partial charge in [0.1, 0.15) is 0 Å². The lowest BCUT2D eigenvalue weighted by molar-refractivity contribution is 0.447. The molecule has 0 aliphatic heterocycles. The van der Waals surface area contributed by atoms with Crippen molar-refractivity contribution >= 4 is 0 Å². The van der Waals surface area contributed by atoms with Crippen LogP contribution in [0.4, 0.5) is 13.2 Å². The number of fused-ring (bicyclic) bond motifs is 1. The van der Waals surface area contributed by atoms with Gasteiger partial charge in [0.05, 0.1) is 0 Å². The number of hydrogen-bond acceptors (Lipinski definition) is 3. The molecule has 1 aromatic heterocycles. The molecule has 0 fully saturated rings. The molecular formula is C14H12F3N3. The number of nitrogens with zero attached hydrogens (tertiary/aromatic N) is 2. The highest BCUT2D eigenvalue weighted by Gasteiger charge is 2.20. The molecule has 0 bridgehead atoms. The fourth-order valence-corrected chi connectivity index (χ4v) is 2.41. The number of aryl methyl sites for hydroxylation is 1. The first-order valence-corrected chi connectivity index (χ1v) is 6.32. The Hall–Kier alpha value is -1.95. The molecule has 6 heteroatoms. The minimum atomic E-state index is -1.49. The van der Waals surface area contributed by atoms with E-state index in [1.54, 1.807) is 6.20 Å². The first-order valence-electron chi connectivity index (χ1n) is 6.32. The van der Waals surface area contributed by atoms with E-state index in [9.17, 15) is 13.2 Å². The average molecular weight is 279 g/mol. The van der Waals surface area contributed by atoms with Crippen LogP contribution < -0.4 is 5.73 Å². The summed E-state index contributed by atoms with van der Waals surface area (Å²) < 4.78 is 39.4. The van der Waals surface area contributed by atoms with Crippen molar-refractivity contribution in [1.82, 2.24) is 9.97 Å². The Kier molecular flexibility index (Phi) is 3.17. The van der Waals surface area contributed by atoms with Crippen LogP contribution in [0.25, 0.3) is 11.4 Å². The predicted octanol–water partition coefficient (Wildman–Crippen LogP) is 2.90. The van der Waals surface area contributed by atoms with Crippen LogP contribution in [0.3, 0.4) is 0 Å². The Labute approximate surface area is 113 Å². The molecule has 3 rings (SSSR count). The maximum Gasteiger partial charge on any atom is 0.194 e. The summed E-state index contributed by atoms with van der Waals surface area (Å²) in [4.78, 5) is 8.38. The van der Waals surface area contributed by atoms with E-state index >= 15 is 0 Å². The first kappa shape index (κ1) is 13.1. The second-order valence-corrected chi connectivity index (χ2v) is 4.85. The molecule has 1 atom stereocenters. The van der Waals surface area contributed by atoms with Gasteiger partial charge >= 0.3 is 0 Å². The van der Waals surface area contributed by atoms with Gasteiger partial charge in [-0.25, -0.2) is 23.1 Å². The van der Waals surface area contributed by atoms with Crippen LogP contribution in [0.5, 0.6) is 0 Å². The van der Waals surface area contributed by atoms with Crippen molar-refractivity contribution < 1.29 is 13.2 Å². The molecule has 3 nitrogen and oxygen atoms in total. The molecule has 0 spiro atoms. The summed E-state index contributed by atoms with van der Waals surface area (Å²) >= 11 is 0. The summed E-state index contributed by atoms with van der Waals surface area (Å²) in [6.07, 6.45) is 4.12. The summed E-state index contributed by atoms with van der Waals surface area (Å²) in [7, 11) is 0. The Balaban J connectivity index is 2.07. The van der Waals surface area contributed by atoms with Gasteiger partial charge in [-0.05, 0) is 31.4 Å². The van der Waals surface area contributed by atoms with E-state index in [0.29, 0.717) is 0 Å². The molecule has 1 heterocycles. The molecule has 1 unspecified atom stereocenters. The van der Waals surface area contributed by atoms with Crippen LogP contribution in [-0.4, -0.2) is 9.97 Å². The van der Waals surface area contributed by atoms with Gasteiger partial charge in [-0.2, -0.15) is 0 Å². The van der Waals surface area contributed by atoms with E-state index in [-0.39, 0.29) is 17.4 Å². The fraction of sp³-hybridized carbons (Fsp3) is 0.286. The smallest absolute Gasteiger partial charge is 0.194 e. The molecule has 1 aliphatic rings. The Morgan fingerprint density at radius 2 is 1.85 bits per heavy atom. The molecule has 0 radical (unpaired) electrons. The van der Waals surface area contributed by atoms with Crippen molar-refractivity contribution in [3.8, 4) is 11.4 Å². The van der Waals surface area contributed by atoms with Crippen LogP contribution in [-0.2, 0) is 6.42 Å². The third kappa shape index (κ3) is 2.16. The van der Waals surface area contributed by atoms with Crippen LogP contribution in [0, 0.1) is 17.5 Å². The van der Waals surface area contributed by atoms with Crippen LogP contribution in [0.1, 0.15) is 30.1 Å². The number of halogens is 3. The summed E-state index contributed by atoms with van der Waals surface area (Å²) in [5.74, 6) is -3.82. The highest BCUT2D eigenvalue weighted by Crippen LogP contribution is 2.28. The van der Waals surface area contributed by atoms with Crippen LogP contribution in [0.15, 0.2) is 18.3 Å². The lowest BCUT2D eigenvalue weighted by Crippen LogP contribution is -2.19. The van der Waals surface area contributed by atoms with Crippen molar-refractivity contribution in [2.24, 2.45) is 5.73 Å². The Morgan fingerprint density at radius 1 is 1.15 bits per heavy atom. The molecule has 2 aromatic rings. The zero-order valence-corrected chi connectivity index (χ0v) is 10.5. The van der Waals surface area contributed by atoms with Gasteiger partial charge < -0.3 is 5.73 Å². The highest BCUT2D eigenvalue weighted by molar-refractivity contribution is 5.55. The van der Waals surface area contributed by atoms with Gasteiger partial charge in [0.15, 0.2) is 23.3 Å². The molecule has 20 heavy (non-hydrogen) atoms. The van der Waals surface area contributed by atoms with E-state index in [4.69, 9.17) is 5.73 Å². The molecule has 2 N–H and O–H groups in total. The Morgan fingerprint density at radius 3 is 2.55 bits per heavy atom. The lowest BCUT2D eigenvalue weighted by atomic mass is 9.93. The number of aromatic nitrogens is 2. The minimum absolute atomic E-state index is 0.102. The van der Waals surface area contributed by atoms with Crippen molar-refractivity contribution in [2.75, 3.05) is 0 Å². The summed E-state index contributed by atoms with van der Waals surface area (Å²) in [6, 6.07) is 1.68. The predicted molar refractivity (Wildman–Crippen MR) is 67.2 cm³/mol. The van der Waals surface area contributed by atoms with E-state index < -0.39 is 17.5 Å². The number of benzene rings is 1. The second-order valence-electron chi connectivity index (χ2n) is 4.85. The number of rotatable bonds is 1. The first-order chi connectivity index (χ1) is 9.56. The summed E-state index contributed by atoms with van der Waals surface area (Å²) in [5, 5.41) is 0. The van der Waals surface area contributed by atoms with Gasteiger partial charge in [-0.1, -0.05) is 0 Å². The highest BCUT2D eigenvalue weighted by atomic mass is 19.2. The lowest BCUT2D eigenvalue weighted by Gasteiger charge is -2.21. The van der Waals surface area contributed by atoms with Crippen molar-refractivity contribution in [3.05, 3.63) is 47.0 Å². The van der Waals surface area contributed by atoms with Crippen molar-refractivity contribution in [2.45, 2.75) is 25.3 Å². The van der Waals surface area contributed by atoms with Crippen molar-refractivity contribution in [1.29, 1.82) is 0 Å². The van der Waals surface area contributed by atoms with Gasteiger partial charge in [0, 0.05) is 29.1 Å². The second kappa shape index (κ2) is 4.86. The van der Waals surface area contributed by atoms with Gasteiger partial charge in [-0.3, -0.25) is 0 Å². The molecule has 104 valence electrons. The maximum absolute atomic E-state index is 13.2. The summed E-state index contributed by atoms with van der Waals surface area (Å²) in [6.45, 7) is 0. The molecule has 0 amide bonds. The summed E-state index contributed by atoms with van der Waals surface area (Å²) in [5.41, 5.74) is 7.72. The fourth-order valence-electron chi connectivity index (χ4n) is 2.41. The molecule has 1 aliphatic carbocycles. The molecule has 0 saturated heterocycles. The van der Waals surface area contributed by atoms with Gasteiger partial charge in [0.25, 0.3) is 0 Å². The van der Waals surface area contributed by atoms with E-state index in [0.717, 1.165) is 42.7 Å². The quantitative estimate of drug-likeness (QED) is 0.817. The van der Waals surface area contributed by atoms with E-state index in [1.165, 1.54) is 0 Å². The third-order valence-corrected chi connectivity index (χ3v) is 3.47. The van der Waals surface area contributed by atoms with Crippen LogP contribution >= 0.6 is 0 Å². The van der Waals surface area contributed by atoms with Crippen LogP contribution in [0.2, 0.25) is 0 Å². The Bertz CT molecular complexity index is 650. The average Bonchev–Trinajstić information content (AvgIpc) is 2.44. The third-order valence-electron chi connectivity index (χ3n) is 3.47. The monoisotopic (exact) mass is 279 g/mol. The zero-order chi connectivity index (χ0) is 14.3. The minimum Gasteiger partial charge on any atom is -0.324 e. The van der Waals surface area contributed by atoms with E-state index in [2.05, 4.69) is 9.97 Å². The molecule has 1 aromatic carbocycles. The topological polar surface area (TPSA) is 51.8 Å². The van der Waals surface area contributed by atoms with E-state index in [1.807, 2.05) is 0 Å². The van der Waals surface area contributed by atoms with Crippen molar-refractivity contribution in [3.63, 3.8) is 0 Å².